The highest BCUT2D eigenvalue weighted by atomic mass is 35.5. The summed E-state index contributed by atoms with van der Waals surface area (Å²) >= 11 is 5.55. The van der Waals surface area contributed by atoms with E-state index in [1.807, 2.05) is 0 Å². The van der Waals surface area contributed by atoms with Gasteiger partial charge < -0.3 is 0 Å². The van der Waals surface area contributed by atoms with Crippen molar-refractivity contribution in [1.82, 2.24) is 0 Å². The van der Waals surface area contributed by atoms with Crippen molar-refractivity contribution in [3.63, 3.8) is 0 Å². The third kappa shape index (κ3) is 2.54. The molecule has 0 aliphatic heterocycles. The fraction of sp³-hybridized carbons (Fsp3) is 0.125. The van der Waals surface area contributed by atoms with Crippen LogP contribution in [0.5, 0.6) is 0 Å². The van der Waals surface area contributed by atoms with Crippen LogP contribution in [0.1, 0.15) is 10.9 Å². The molecule has 0 fully saturated rings. The Labute approximate surface area is 86.3 Å². The molecular formula is C8H7ClO4S. The number of carbonyl (C=O) groups is 1. The normalized spacial score (nSPS) is 13.6. The molecule has 0 aromatic heterocycles. The third-order valence-electron chi connectivity index (χ3n) is 1.55. The minimum atomic E-state index is -4.72. The fourth-order valence-electron chi connectivity index (χ4n) is 0.889. The van der Waals surface area contributed by atoms with Gasteiger partial charge in [-0.25, -0.2) is 0 Å². The molecule has 1 atom stereocenters. The van der Waals surface area contributed by atoms with Crippen LogP contribution in [-0.4, -0.2) is 18.1 Å². The van der Waals surface area contributed by atoms with Gasteiger partial charge in [0.25, 0.3) is 5.12 Å². The van der Waals surface area contributed by atoms with E-state index in [2.05, 4.69) is 0 Å². The highest BCUT2D eigenvalue weighted by Gasteiger charge is 2.28. The summed E-state index contributed by atoms with van der Waals surface area (Å²) in [6, 6.07) is 7.93. The zero-order valence-corrected chi connectivity index (χ0v) is 8.49. The molecule has 6 heteroatoms. The van der Waals surface area contributed by atoms with Gasteiger partial charge in [0, 0.05) is 0 Å². The Morgan fingerprint density at radius 1 is 1.29 bits per heavy atom. The van der Waals surface area contributed by atoms with Crippen LogP contribution in [0.15, 0.2) is 30.3 Å². The van der Waals surface area contributed by atoms with Gasteiger partial charge in [0.1, 0.15) is 5.38 Å². The van der Waals surface area contributed by atoms with Gasteiger partial charge in [0.2, 0.25) is 0 Å². The predicted octanol–water partition coefficient (Wildman–Crippen LogP) is 1.38. The minimum absolute atomic E-state index is 0.330. The number of hydrogen-bond acceptors (Lipinski definition) is 3. The molecule has 0 aliphatic carbocycles. The monoisotopic (exact) mass is 234 g/mol. The minimum Gasteiger partial charge on any atom is -0.280 e. The van der Waals surface area contributed by atoms with Crippen LogP contribution in [0.4, 0.5) is 0 Å². The van der Waals surface area contributed by atoms with E-state index in [9.17, 15) is 13.2 Å². The van der Waals surface area contributed by atoms with Crippen LogP contribution < -0.4 is 0 Å². The Morgan fingerprint density at radius 3 is 2.21 bits per heavy atom. The summed E-state index contributed by atoms with van der Waals surface area (Å²) in [5, 5.41) is -2.78. The molecule has 0 amide bonds. The number of rotatable bonds is 2. The van der Waals surface area contributed by atoms with Crippen molar-refractivity contribution < 1.29 is 17.8 Å². The van der Waals surface area contributed by atoms with Crippen LogP contribution in [0.2, 0.25) is 0 Å². The smallest absolute Gasteiger partial charge is 0.280 e. The van der Waals surface area contributed by atoms with Gasteiger partial charge in [-0.2, -0.15) is 8.42 Å². The average molecular weight is 235 g/mol. The maximum atomic E-state index is 11.0. The number of halogens is 1. The second-order valence-electron chi connectivity index (χ2n) is 2.57. The van der Waals surface area contributed by atoms with Crippen LogP contribution in [0.25, 0.3) is 0 Å². The summed E-state index contributed by atoms with van der Waals surface area (Å²) in [4.78, 5) is 11.0. The molecular weight excluding hydrogens is 228 g/mol. The number of carbonyl (C=O) groups excluding carboxylic acids is 1. The van der Waals surface area contributed by atoms with Gasteiger partial charge in [0.05, 0.1) is 0 Å². The Hall–Kier alpha value is -0.910. The lowest BCUT2D eigenvalue weighted by molar-refractivity contribution is -0.112. The van der Waals surface area contributed by atoms with Gasteiger partial charge in [-0.3, -0.25) is 9.35 Å². The quantitative estimate of drug-likeness (QED) is 0.620. The number of benzene rings is 1. The van der Waals surface area contributed by atoms with Gasteiger partial charge in [-0.1, -0.05) is 30.3 Å². The Kier molecular flexibility index (Phi) is 3.25. The van der Waals surface area contributed by atoms with E-state index in [0.29, 0.717) is 5.56 Å². The standard InChI is InChI=1S/C8H7ClO4S/c9-7(8(10)14(11,12)13)6-4-2-1-3-5-6/h1-5,7H,(H,11,12,13). The van der Waals surface area contributed by atoms with Gasteiger partial charge >= 0.3 is 10.1 Å². The Morgan fingerprint density at radius 2 is 1.79 bits per heavy atom. The van der Waals surface area contributed by atoms with Crippen LogP contribution >= 0.6 is 11.6 Å². The van der Waals surface area contributed by atoms with Gasteiger partial charge in [0.15, 0.2) is 0 Å². The molecule has 1 aromatic carbocycles. The van der Waals surface area contributed by atoms with Crippen molar-refractivity contribution in [2.45, 2.75) is 5.38 Å². The van der Waals surface area contributed by atoms with E-state index in [-0.39, 0.29) is 0 Å². The van der Waals surface area contributed by atoms with E-state index in [1.165, 1.54) is 12.1 Å². The van der Waals surface area contributed by atoms with Crippen molar-refractivity contribution in [3.8, 4) is 0 Å². The van der Waals surface area contributed by atoms with Crippen molar-refractivity contribution in [2.24, 2.45) is 0 Å². The van der Waals surface area contributed by atoms with Crippen molar-refractivity contribution >= 4 is 26.8 Å². The van der Waals surface area contributed by atoms with E-state index in [1.54, 1.807) is 18.2 Å². The molecule has 1 aromatic rings. The first kappa shape index (κ1) is 11.2. The molecule has 0 spiro atoms. The van der Waals surface area contributed by atoms with E-state index in [0.717, 1.165) is 0 Å². The van der Waals surface area contributed by atoms with Crippen LogP contribution in [0, 0.1) is 0 Å². The summed E-state index contributed by atoms with van der Waals surface area (Å²) in [5.41, 5.74) is 0.330. The summed E-state index contributed by atoms with van der Waals surface area (Å²) in [5.74, 6) is 0. The number of hydrogen-bond donors (Lipinski definition) is 1. The maximum Gasteiger partial charge on any atom is 0.330 e. The lowest BCUT2D eigenvalue weighted by Gasteiger charge is -2.05. The zero-order chi connectivity index (χ0) is 10.8. The van der Waals surface area contributed by atoms with Crippen LogP contribution in [0.3, 0.4) is 0 Å². The fourth-order valence-corrected chi connectivity index (χ4v) is 1.77. The molecule has 76 valence electrons. The summed E-state index contributed by atoms with van der Waals surface area (Å²) in [6.07, 6.45) is 0. The van der Waals surface area contributed by atoms with Gasteiger partial charge in [-0.05, 0) is 5.56 Å². The molecule has 0 aliphatic rings. The first-order valence-corrected chi connectivity index (χ1v) is 5.51. The predicted molar refractivity (Wildman–Crippen MR) is 51.6 cm³/mol. The maximum absolute atomic E-state index is 11.0. The van der Waals surface area contributed by atoms with E-state index >= 15 is 0 Å². The zero-order valence-electron chi connectivity index (χ0n) is 6.92. The first-order valence-electron chi connectivity index (χ1n) is 3.63. The highest BCUT2D eigenvalue weighted by Crippen LogP contribution is 2.22. The number of alkyl halides is 1. The Bertz CT molecular complexity index is 426. The third-order valence-corrected chi connectivity index (χ3v) is 2.88. The highest BCUT2D eigenvalue weighted by molar-refractivity contribution is 8.01. The van der Waals surface area contributed by atoms with E-state index < -0.39 is 20.6 Å². The molecule has 0 heterocycles. The summed E-state index contributed by atoms with van der Waals surface area (Å²) in [6.45, 7) is 0. The van der Waals surface area contributed by atoms with E-state index in [4.69, 9.17) is 16.2 Å². The SMILES string of the molecule is O=C(C(Cl)c1ccccc1)S(=O)(=O)O. The molecule has 0 radical (unpaired) electrons. The molecule has 1 N–H and O–H groups in total. The molecule has 4 nitrogen and oxygen atoms in total. The molecule has 0 saturated carbocycles. The molecule has 1 unspecified atom stereocenters. The second-order valence-corrected chi connectivity index (χ2v) is 4.36. The Balaban J connectivity index is 2.99. The summed E-state index contributed by atoms with van der Waals surface area (Å²) in [7, 11) is -4.72. The second kappa shape index (κ2) is 4.08. The first-order chi connectivity index (χ1) is 6.43. The lowest BCUT2D eigenvalue weighted by atomic mass is 10.2. The lowest BCUT2D eigenvalue weighted by Crippen LogP contribution is -2.18. The van der Waals surface area contributed by atoms with Crippen LogP contribution in [-0.2, 0) is 14.9 Å². The molecule has 0 bridgehead atoms. The summed E-state index contributed by atoms with van der Waals surface area (Å²) < 4.78 is 29.4. The molecule has 0 saturated heterocycles. The van der Waals surface area contributed by atoms with Crippen molar-refractivity contribution in [1.29, 1.82) is 0 Å². The largest absolute Gasteiger partial charge is 0.330 e. The van der Waals surface area contributed by atoms with Crippen molar-refractivity contribution in [2.75, 3.05) is 0 Å². The topological polar surface area (TPSA) is 71.4 Å². The van der Waals surface area contributed by atoms with Gasteiger partial charge in [-0.15, -0.1) is 11.6 Å². The average Bonchev–Trinajstić information content (AvgIpc) is 2.15. The van der Waals surface area contributed by atoms with Crippen molar-refractivity contribution in [3.05, 3.63) is 35.9 Å². The molecule has 1 rings (SSSR count). The molecule has 14 heavy (non-hydrogen) atoms.